The summed E-state index contributed by atoms with van der Waals surface area (Å²) in [4.78, 5) is 27.3. The van der Waals surface area contributed by atoms with Gasteiger partial charge >= 0.3 is 11.9 Å². The monoisotopic (exact) mass is 385 g/mol. The molecule has 146 valence electrons. The highest BCUT2D eigenvalue weighted by molar-refractivity contribution is 5.94. The standard InChI is InChI=1S/C17H18F3N3O4/c1-15(2)8-23(9-16(3,27-15)17(18,19)20)13(24)11-6-4-10(5-7-11)12-21-14(25)26-22-12/h4-7H,8-9H2,1-3H3,(H,21,22,25). The van der Waals surface area contributed by atoms with E-state index in [1.807, 2.05) is 0 Å². The first-order valence-electron chi connectivity index (χ1n) is 8.13. The van der Waals surface area contributed by atoms with Crippen molar-refractivity contribution in [2.24, 2.45) is 0 Å². The van der Waals surface area contributed by atoms with Crippen molar-refractivity contribution in [3.8, 4) is 11.4 Å². The molecular formula is C17H18F3N3O4. The molecule has 2 heterocycles. The third kappa shape index (κ3) is 3.75. The lowest BCUT2D eigenvalue weighted by atomic mass is 9.96. The van der Waals surface area contributed by atoms with Crippen LogP contribution in [-0.4, -0.2) is 51.4 Å². The van der Waals surface area contributed by atoms with E-state index in [1.54, 1.807) is 0 Å². The molecule has 0 saturated carbocycles. The minimum atomic E-state index is -4.62. The Balaban J connectivity index is 1.85. The van der Waals surface area contributed by atoms with Crippen LogP contribution in [0.15, 0.2) is 33.6 Å². The zero-order valence-electron chi connectivity index (χ0n) is 14.9. The highest BCUT2D eigenvalue weighted by atomic mass is 19.4. The highest BCUT2D eigenvalue weighted by Crippen LogP contribution is 2.40. The van der Waals surface area contributed by atoms with Crippen LogP contribution in [0.1, 0.15) is 31.1 Å². The number of ether oxygens (including phenoxy) is 1. The smallest absolute Gasteiger partial charge is 0.356 e. The number of hydrogen-bond donors (Lipinski definition) is 1. The van der Waals surface area contributed by atoms with Gasteiger partial charge in [-0.25, -0.2) is 4.79 Å². The van der Waals surface area contributed by atoms with Gasteiger partial charge in [-0.3, -0.25) is 14.3 Å². The minimum Gasteiger partial charge on any atom is -0.356 e. The highest BCUT2D eigenvalue weighted by Gasteiger charge is 2.58. The first-order valence-corrected chi connectivity index (χ1v) is 8.13. The normalized spacial score (nSPS) is 22.7. The van der Waals surface area contributed by atoms with Crippen LogP contribution in [-0.2, 0) is 4.74 Å². The molecule has 0 spiro atoms. The molecule has 0 bridgehead atoms. The lowest BCUT2D eigenvalue weighted by Gasteiger charge is -2.48. The summed E-state index contributed by atoms with van der Waals surface area (Å²) in [6.45, 7) is 3.39. The average molecular weight is 385 g/mol. The maximum atomic E-state index is 13.4. The number of aromatic nitrogens is 2. The van der Waals surface area contributed by atoms with Crippen LogP contribution in [0.5, 0.6) is 0 Å². The Kier molecular flexibility index (Phi) is 4.41. The van der Waals surface area contributed by atoms with E-state index < -0.39 is 35.6 Å². The van der Waals surface area contributed by atoms with Crippen LogP contribution in [0.2, 0.25) is 0 Å². The fourth-order valence-corrected chi connectivity index (χ4v) is 3.15. The number of aromatic amines is 1. The number of morpholine rings is 1. The first-order chi connectivity index (χ1) is 12.4. The van der Waals surface area contributed by atoms with Crippen LogP contribution in [0.3, 0.4) is 0 Å². The zero-order valence-corrected chi connectivity index (χ0v) is 14.9. The van der Waals surface area contributed by atoms with E-state index in [9.17, 15) is 22.8 Å². The minimum absolute atomic E-state index is 0.0237. The zero-order chi connectivity index (χ0) is 20.0. The van der Waals surface area contributed by atoms with E-state index >= 15 is 0 Å². The largest absolute Gasteiger partial charge is 0.439 e. The summed E-state index contributed by atoms with van der Waals surface area (Å²) in [6.07, 6.45) is -4.62. The van der Waals surface area contributed by atoms with Gasteiger partial charge in [0.25, 0.3) is 5.91 Å². The summed E-state index contributed by atoms with van der Waals surface area (Å²) in [7, 11) is 0. The molecule has 1 fully saturated rings. The van der Waals surface area contributed by atoms with Crippen molar-refractivity contribution in [2.75, 3.05) is 13.1 Å². The molecule has 1 N–H and O–H groups in total. The fourth-order valence-electron chi connectivity index (χ4n) is 3.15. The van der Waals surface area contributed by atoms with Crippen LogP contribution in [0, 0.1) is 0 Å². The molecule has 1 unspecified atom stereocenters. The van der Waals surface area contributed by atoms with E-state index in [1.165, 1.54) is 38.1 Å². The quantitative estimate of drug-likeness (QED) is 0.859. The topological polar surface area (TPSA) is 88.4 Å². The number of amides is 1. The molecule has 1 aliphatic rings. The van der Waals surface area contributed by atoms with Gasteiger partial charge in [0, 0.05) is 17.7 Å². The van der Waals surface area contributed by atoms with Crippen molar-refractivity contribution < 1.29 is 27.2 Å². The third-order valence-electron chi connectivity index (χ3n) is 4.30. The van der Waals surface area contributed by atoms with Crippen molar-refractivity contribution >= 4 is 5.91 Å². The van der Waals surface area contributed by atoms with E-state index in [2.05, 4.69) is 14.7 Å². The molecule has 1 atom stereocenters. The maximum Gasteiger partial charge on any atom is 0.439 e. The Bertz CT molecular complexity index is 901. The van der Waals surface area contributed by atoms with Crippen molar-refractivity contribution in [3.63, 3.8) is 0 Å². The number of carbonyl (C=O) groups excluding carboxylic acids is 1. The molecule has 7 nitrogen and oxygen atoms in total. The van der Waals surface area contributed by atoms with Crippen LogP contribution in [0.4, 0.5) is 13.2 Å². The lowest BCUT2D eigenvalue weighted by molar-refractivity contribution is -0.318. The Morgan fingerprint density at radius 3 is 2.33 bits per heavy atom. The number of nitrogens with one attached hydrogen (secondary N) is 1. The number of alkyl halides is 3. The first kappa shape index (κ1) is 19.2. The SMILES string of the molecule is CC1(C)CN(C(=O)c2ccc(-c3noc(=O)[nH]3)cc2)CC(C)(C(F)(F)F)O1. The third-order valence-corrected chi connectivity index (χ3v) is 4.30. The Hall–Kier alpha value is -2.62. The van der Waals surface area contributed by atoms with Crippen molar-refractivity contribution in [1.29, 1.82) is 0 Å². The molecule has 1 aliphatic heterocycles. The number of benzene rings is 1. The van der Waals surface area contributed by atoms with Gasteiger partial charge in [0.05, 0.1) is 12.1 Å². The molecular weight excluding hydrogens is 367 g/mol. The van der Waals surface area contributed by atoms with E-state index in [4.69, 9.17) is 4.74 Å². The Morgan fingerprint density at radius 2 is 1.81 bits per heavy atom. The molecule has 1 saturated heterocycles. The summed E-state index contributed by atoms with van der Waals surface area (Å²) in [5.74, 6) is -1.06. The number of rotatable bonds is 2. The summed E-state index contributed by atoms with van der Waals surface area (Å²) >= 11 is 0. The molecule has 1 aromatic carbocycles. The Morgan fingerprint density at radius 1 is 1.19 bits per heavy atom. The summed E-state index contributed by atoms with van der Waals surface area (Å²) in [5.41, 5.74) is -2.89. The van der Waals surface area contributed by atoms with Gasteiger partial charge in [-0.2, -0.15) is 13.2 Å². The number of hydrogen-bond acceptors (Lipinski definition) is 5. The molecule has 1 amide bonds. The number of halogens is 3. The predicted octanol–water partition coefficient (Wildman–Crippen LogP) is 2.60. The summed E-state index contributed by atoms with van der Waals surface area (Å²) in [5, 5.41) is 3.54. The molecule has 3 rings (SSSR count). The van der Waals surface area contributed by atoms with E-state index in [-0.39, 0.29) is 17.9 Å². The molecule has 0 radical (unpaired) electrons. The van der Waals surface area contributed by atoms with Crippen LogP contribution < -0.4 is 5.76 Å². The number of nitrogens with zero attached hydrogens (tertiary/aromatic N) is 2. The lowest BCUT2D eigenvalue weighted by Crippen LogP contribution is -2.65. The number of carbonyl (C=O) groups is 1. The van der Waals surface area contributed by atoms with Gasteiger partial charge in [-0.15, -0.1) is 0 Å². The van der Waals surface area contributed by atoms with Gasteiger partial charge < -0.3 is 9.64 Å². The van der Waals surface area contributed by atoms with Gasteiger partial charge in [0.2, 0.25) is 0 Å². The van der Waals surface area contributed by atoms with Gasteiger partial charge in [-0.05, 0) is 32.9 Å². The Labute approximate surface area is 152 Å². The van der Waals surface area contributed by atoms with Gasteiger partial charge in [0.15, 0.2) is 11.4 Å². The molecule has 2 aromatic rings. The second-order valence-electron chi connectivity index (χ2n) is 7.27. The summed E-state index contributed by atoms with van der Waals surface area (Å²) in [6, 6.07) is 5.96. The van der Waals surface area contributed by atoms with Gasteiger partial charge in [-0.1, -0.05) is 17.3 Å². The predicted molar refractivity (Wildman–Crippen MR) is 88.1 cm³/mol. The molecule has 27 heavy (non-hydrogen) atoms. The van der Waals surface area contributed by atoms with E-state index in [0.717, 1.165) is 11.8 Å². The number of H-pyrrole nitrogens is 1. The second-order valence-corrected chi connectivity index (χ2v) is 7.27. The van der Waals surface area contributed by atoms with Crippen LogP contribution >= 0.6 is 0 Å². The van der Waals surface area contributed by atoms with Crippen molar-refractivity contribution in [3.05, 3.63) is 40.4 Å². The van der Waals surface area contributed by atoms with Gasteiger partial charge in [0.1, 0.15) is 0 Å². The van der Waals surface area contributed by atoms with E-state index in [0.29, 0.717) is 5.56 Å². The molecule has 0 aliphatic carbocycles. The maximum absolute atomic E-state index is 13.4. The average Bonchev–Trinajstić information content (AvgIpc) is 2.98. The fraction of sp³-hybridized carbons (Fsp3) is 0.471. The molecule has 10 heteroatoms. The van der Waals surface area contributed by atoms with Crippen molar-refractivity contribution in [1.82, 2.24) is 15.0 Å². The van der Waals surface area contributed by atoms with Crippen LogP contribution in [0.25, 0.3) is 11.4 Å². The second kappa shape index (κ2) is 6.22. The molecule has 1 aromatic heterocycles. The summed E-state index contributed by atoms with van der Waals surface area (Å²) < 4.78 is 50.0. The van der Waals surface area contributed by atoms with Crippen molar-refractivity contribution in [2.45, 2.75) is 38.1 Å².